The molecule has 3 N–H and O–H groups in total. The van der Waals surface area contributed by atoms with Crippen LogP contribution in [0.3, 0.4) is 0 Å². The normalized spacial score (nSPS) is 34.1. The largest absolute Gasteiger partial charge is 0.504 e. The Bertz CT molecular complexity index is 725. The molecule has 3 aliphatic rings. The molecule has 1 aromatic rings. The summed E-state index contributed by atoms with van der Waals surface area (Å²) in [7, 11) is 0. The first-order chi connectivity index (χ1) is 11.8. The summed E-state index contributed by atoms with van der Waals surface area (Å²) in [5.41, 5.74) is -0.469. The van der Waals surface area contributed by atoms with Crippen LogP contribution in [0.15, 0.2) is 12.1 Å². The summed E-state index contributed by atoms with van der Waals surface area (Å²) >= 11 is 0. The zero-order valence-electron chi connectivity index (χ0n) is 15.0. The van der Waals surface area contributed by atoms with Gasteiger partial charge in [-0.25, -0.2) is 0 Å². The molecule has 1 aliphatic heterocycles. The molecule has 1 heterocycles. The molecule has 0 amide bonds. The number of benzene rings is 1. The number of phenols is 2. The number of carbonyl (C=O) groups excluding carboxylic acids is 1. The van der Waals surface area contributed by atoms with Gasteiger partial charge in [-0.1, -0.05) is 13.0 Å². The van der Waals surface area contributed by atoms with Gasteiger partial charge in [0.25, 0.3) is 0 Å². The molecule has 1 saturated carbocycles. The van der Waals surface area contributed by atoms with Crippen LogP contribution in [0.5, 0.6) is 11.5 Å². The third-order valence-electron chi connectivity index (χ3n) is 6.75. The summed E-state index contributed by atoms with van der Waals surface area (Å²) in [6, 6.07) is 3.28. The third-order valence-corrected chi connectivity index (χ3v) is 6.75. The first-order valence-electron chi connectivity index (χ1n) is 9.32. The maximum Gasteiger partial charge on any atom is 0.161 e. The summed E-state index contributed by atoms with van der Waals surface area (Å²) in [6.45, 7) is 5.12. The van der Waals surface area contributed by atoms with Crippen LogP contribution in [-0.2, 0) is 16.6 Å². The number of nitrogens with zero attached hydrogens (tertiary/aromatic N) is 1. The van der Waals surface area contributed by atoms with Gasteiger partial charge in [0, 0.05) is 43.0 Å². The molecule has 2 bridgehead atoms. The fourth-order valence-electron chi connectivity index (χ4n) is 5.09. The van der Waals surface area contributed by atoms with Crippen LogP contribution < -0.4 is 0 Å². The minimum Gasteiger partial charge on any atom is -0.504 e. The number of phenolic OH excluding ortho intramolecular Hbond substituents is 2. The number of likely N-dealkylation sites (tertiary alicyclic amines) is 1. The zero-order valence-corrected chi connectivity index (χ0v) is 15.0. The molecule has 5 nitrogen and oxygen atoms in total. The van der Waals surface area contributed by atoms with Crippen LogP contribution in [0.25, 0.3) is 0 Å². The molecule has 1 aromatic carbocycles. The Morgan fingerprint density at radius 3 is 2.68 bits per heavy atom. The average Bonchev–Trinajstić information content (AvgIpc) is 3.35. The van der Waals surface area contributed by atoms with Crippen molar-refractivity contribution in [1.82, 2.24) is 4.90 Å². The highest BCUT2D eigenvalue weighted by Crippen LogP contribution is 2.58. The van der Waals surface area contributed by atoms with Crippen molar-refractivity contribution in [3.63, 3.8) is 0 Å². The second kappa shape index (κ2) is 5.45. The van der Waals surface area contributed by atoms with Gasteiger partial charge in [-0.3, -0.25) is 9.69 Å². The number of aromatic hydroxyl groups is 2. The Labute approximate surface area is 148 Å². The lowest BCUT2D eigenvalue weighted by Gasteiger charge is -2.46. The lowest BCUT2D eigenvalue weighted by Crippen LogP contribution is -2.57. The Hall–Kier alpha value is -1.59. The van der Waals surface area contributed by atoms with E-state index in [4.69, 9.17) is 0 Å². The molecule has 2 fully saturated rings. The number of rotatable bonds is 5. The molecule has 25 heavy (non-hydrogen) atoms. The first kappa shape index (κ1) is 16.9. The fraction of sp³-hybridized carbons (Fsp3) is 0.650. The molecular formula is C20H27NO4. The number of fused-ring (bicyclic) bond motifs is 4. The van der Waals surface area contributed by atoms with Crippen molar-refractivity contribution >= 4 is 5.78 Å². The van der Waals surface area contributed by atoms with Crippen LogP contribution in [0.2, 0.25) is 0 Å². The highest BCUT2D eigenvalue weighted by atomic mass is 16.3. The Morgan fingerprint density at radius 1 is 1.32 bits per heavy atom. The Kier molecular flexibility index (Phi) is 3.68. The van der Waals surface area contributed by atoms with E-state index in [0.717, 1.165) is 12.1 Å². The monoisotopic (exact) mass is 345 g/mol. The molecule has 3 atom stereocenters. The molecule has 0 aromatic heterocycles. The SMILES string of the molecule is CCC(=O)CC12CN(CC3CC3)C(Cc3ccc(O)c(O)c31)C2(C)O. The van der Waals surface area contributed by atoms with E-state index in [0.29, 0.717) is 30.9 Å². The number of Topliss-reactive ketones (excluding diaryl/α,β-unsaturated/α-hetero) is 1. The van der Waals surface area contributed by atoms with Crippen molar-refractivity contribution in [3.05, 3.63) is 23.3 Å². The van der Waals surface area contributed by atoms with Gasteiger partial charge in [-0.05, 0) is 43.7 Å². The lowest BCUT2D eigenvalue weighted by atomic mass is 9.59. The third kappa shape index (κ3) is 2.32. The highest BCUT2D eigenvalue weighted by molar-refractivity contribution is 5.81. The maximum absolute atomic E-state index is 12.4. The zero-order chi connectivity index (χ0) is 18.0. The predicted molar refractivity (Wildman–Crippen MR) is 93.8 cm³/mol. The van der Waals surface area contributed by atoms with Crippen molar-refractivity contribution in [1.29, 1.82) is 0 Å². The summed E-state index contributed by atoms with van der Waals surface area (Å²) in [4.78, 5) is 14.7. The van der Waals surface area contributed by atoms with Gasteiger partial charge in [0.2, 0.25) is 0 Å². The molecule has 136 valence electrons. The van der Waals surface area contributed by atoms with E-state index in [2.05, 4.69) is 4.90 Å². The highest BCUT2D eigenvalue weighted by Gasteiger charge is 2.65. The molecule has 2 aliphatic carbocycles. The second-order valence-corrected chi connectivity index (χ2v) is 8.36. The van der Waals surface area contributed by atoms with Crippen molar-refractivity contribution in [3.8, 4) is 11.5 Å². The Balaban J connectivity index is 1.87. The topological polar surface area (TPSA) is 81.0 Å². The van der Waals surface area contributed by atoms with Crippen LogP contribution >= 0.6 is 0 Å². The number of carbonyl (C=O) groups is 1. The van der Waals surface area contributed by atoms with E-state index in [1.54, 1.807) is 6.92 Å². The van der Waals surface area contributed by atoms with Crippen LogP contribution in [0, 0.1) is 5.92 Å². The smallest absolute Gasteiger partial charge is 0.161 e. The van der Waals surface area contributed by atoms with Crippen LogP contribution in [0.4, 0.5) is 0 Å². The molecule has 3 unspecified atom stereocenters. The number of hydrogen-bond donors (Lipinski definition) is 3. The van der Waals surface area contributed by atoms with E-state index in [1.165, 1.54) is 18.9 Å². The van der Waals surface area contributed by atoms with E-state index in [1.807, 2.05) is 13.0 Å². The van der Waals surface area contributed by atoms with Gasteiger partial charge in [-0.15, -0.1) is 0 Å². The van der Waals surface area contributed by atoms with Gasteiger partial charge in [0.1, 0.15) is 5.78 Å². The molecule has 0 spiro atoms. The van der Waals surface area contributed by atoms with Crippen molar-refractivity contribution in [2.75, 3.05) is 13.1 Å². The maximum atomic E-state index is 12.4. The second-order valence-electron chi connectivity index (χ2n) is 8.36. The quantitative estimate of drug-likeness (QED) is 0.712. The van der Waals surface area contributed by atoms with Gasteiger partial charge in [-0.2, -0.15) is 0 Å². The Morgan fingerprint density at radius 2 is 2.04 bits per heavy atom. The summed E-state index contributed by atoms with van der Waals surface area (Å²) in [6.07, 6.45) is 3.68. The lowest BCUT2D eigenvalue weighted by molar-refractivity contribution is -0.123. The standard InChI is InChI=1S/C20H27NO4/c1-3-14(22)9-20-11-21(10-12-4-5-12)16(19(20,2)25)8-13-6-7-15(23)18(24)17(13)20/h6-7,12,16,23-25H,3-5,8-11H2,1-2H3. The summed E-state index contributed by atoms with van der Waals surface area (Å²) in [5.74, 6) is 0.396. The van der Waals surface area contributed by atoms with Crippen LogP contribution in [0.1, 0.15) is 50.7 Å². The van der Waals surface area contributed by atoms with Crippen molar-refractivity contribution in [2.24, 2.45) is 5.92 Å². The molecule has 0 radical (unpaired) electrons. The van der Waals surface area contributed by atoms with Gasteiger partial charge in [0.15, 0.2) is 11.5 Å². The fourth-order valence-corrected chi connectivity index (χ4v) is 5.09. The van der Waals surface area contributed by atoms with E-state index < -0.39 is 11.0 Å². The van der Waals surface area contributed by atoms with Crippen molar-refractivity contribution in [2.45, 2.75) is 63.0 Å². The van der Waals surface area contributed by atoms with Crippen LogP contribution in [-0.4, -0.2) is 50.7 Å². The van der Waals surface area contributed by atoms with Gasteiger partial charge < -0.3 is 15.3 Å². The molecule has 4 rings (SSSR count). The summed E-state index contributed by atoms with van der Waals surface area (Å²) < 4.78 is 0. The predicted octanol–water partition coefficient (Wildman–Crippen LogP) is 2.11. The number of aliphatic hydroxyl groups is 1. The minimum absolute atomic E-state index is 0.0609. The minimum atomic E-state index is -1.12. The van der Waals surface area contributed by atoms with Gasteiger partial charge >= 0.3 is 0 Å². The number of ketones is 1. The molecular weight excluding hydrogens is 318 g/mol. The van der Waals surface area contributed by atoms with Crippen molar-refractivity contribution < 1.29 is 20.1 Å². The number of hydrogen-bond acceptors (Lipinski definition) is 5. The van der Waals surface area contributed by atoms with E-state index in [-0.39, 0.29) is 29.7 Å². The molecule has 5 heteroatoms. The first-order valence-corrected chi connectivity index (χ1v) is 9.32. The van der Waals surface area contributed by atoms with E-state index >= 15 is 0 Å². The molecule has 1 saturated heterocycles. The van der Waals surface area contributed by atoms with E-state index in [9.17, 15) is 20.1 Å². The summed E-state index contributed by atoms with van der Waals surface area (Å²) in [5, 5.41) is 32.3. The van der Waals surface area contributed by atoms with Gasteiger partial charge in [0.05, 0.1) is 5.60 Å². The average molecular weight is 345 g/mol.